The summed E-state index contributed by atoms with van der Waals surface area (Å²) in [6.45, 7) is 0.803. The van der Waals surface area contributed by atoms with Crippen LogP contribution < -0.4 is 14.8 Å². The number of carbonyl (C=O) groups excluding carboxylic acids is 2. The lowest BCUT2D eigenvalue weighted by atomic mass is 10.0. The third kappa shape index (κ3) is 8.05. The van der Waals surface area contributed by atoms with Crippen LogP contribution in [0.3, 0.4) is 0 Å². The van der Waals surface area contributed by atoms with Crippen molar-refractivity contribution in [3.05, 3.63) is 95.3 Å². The first-order valence-electron chi connectivity index (χ1n) is 12.0. The molecule has 7 nitrogen and oxygen atoms in total. The summed E-state index contributed by atoms with van der Waals surface area (Å²) in [5.74, 6) is 0.158. The average Bonchev–Trinajstić information content (AvgIpc) is 2.92. The number of benzene rings is 3. The number of hydrogen-bond acceptors (Lipinski definition) is 5. The molecule has 8 heteroatoms. The maximum Gasteiger partial charge on any atom is 0.243 e. The molecule has 0 aromatic heterocycles. The molecule has 1 atom stereocenters. The molecule has 196 valence electrons. The monoisotopic (exact) mass is 508 g/mol. The van der Waals surface area contributed by atoms with Crippen molar-refractivity contribution in [2.45, 2.75) is 25.4 Å². The van der Waals surface area contributed by atoms with E-state index in [1.807, 2.05) is 30.3 Å². The van der Waals surface area contributed by atoms with Gasteiger partial charge in [-0.2, -0.15) is 0 Å². The summed E-state index contributed by atoms with van der Waals surface area (Å²) in [5, 5.41) is 2.88. The zero-order chi connectivity index (χ0) is 26.6. The second kappa shape index (κ2) is 14.0. The molecular formula is C29H33FN2O5. The van der Waals surface area contributed by atoms with Gasteiger partial charge in [-0.25, -0.2) is 4.39 Å². The second-order valence-corrected chi connectivity index (χ2v) is 8.50. The first kappa shape index (κ1) is 27.7. The number of rotatable bonds is 13. The average molecular weight is 509 g/mol. The Kier molecular flexibility index (Phi) is 10.5. The molecular weight excluding hydrogens is 475 g/mol. The smallest absolute Gasteiger partial charge is 0.243 e. The lowest BCUT2D eigenvalue weighted by Gasteiger charge is -2.31. The number of methoxy groups -OCH3 is 3. The Morgan fingerprint density at radius 2 is 1.54 bits per heavy atom. The number of nitrogens with one attached hydrogen (secondary N) is 1. The molecule has 0 aliphatic rings. The van der Waals surface area contributed by atoms with Gasteiger partial charge in [0, 0.05) is 26.6 Å². The largest absolute Gasteiger partial charge is 0.493 e. The van der Waals surface area contributed by atoms with Gasteiger partial charge in [-0.3, -0.25) is 9.59 Å². The van der Waals surface area contributed by atoms with Crippen molar-refractivity contribution in [2.24, 2.45) is 0 Å². The summed E-state index contributed by atoms with van der Waals surface area (Å²) in [5.41, 5.74) is 2.34. The summed E-state index contributed by atoms with van der Waals surface area (Å²) >= 11 is 0. The van der Waals surface area contributed by atoms with Crippen molar-refractivity contribution in [1.29, 1.82) is 0 Å². The predicted molar refractivity (Wildman–Crippen MR) is 139 cm³/mol. The van der Waals surface area contributed by atoms with E-state index in [4.69, 9.17) is 14.2 Å². The van der Waals surface area contributed by atoms with Crippen LogP contribution in [0.2, 0.25) is 0 Å². The first-order valence-corrected chi connectivity index (χ1v) is 12.0. The Labute approximate surface area is 217 Å². The molecule has 0 bridgehead atoms. The van der Waals surface area contributed by atoms with E-state index in [2.05, 4.69) is 5.32 Å². The fourth-order valence-corrected chi connectivity index (χ4v) is 4.00. The van der Waals surface area contributed by atoms with Gasteiger partial charge >= 0.3 is 0 Å². The molecule has 3 rings (SSSR count). The van der Waals surface area contributed by atoms with E-state index in [0.717, 1.165) is 5.56 Å². The van der Waals surface area contributed by atoms with Crippen LogP contribution in [0.25, 0.3) is 0 Å². The topological polar surface area (TPSA) is 77.1 Å². The number of ether oxygens (including phenoxy) is 3. The van der Waals surface area contributed by atoms with Crippen molar-refractivity contribution < 1.29 is 28.2 Å². The van der Waals surface area contributed by atoms with E-state index < -0.39 is 6.04 Å². The minimum atomic E-state index is -0.794. The van der Waals surface area contributed by atoms with Crippen molar-refractivity contribution in [3.63, 3.8) is 0 Å². The Balaban J connectivity index is 1.95. The van der Waals surface area contributed by atoms with Gasteiger partial charge in [0.1, 0.15) is 11.9 Å². The Bertz CT molecular complexity index is 1150. The molecule has 37 heavy (non-hydrogen) atoms. The van der Waals surface area contributed by atoms with Gasteiger partial charge in [0.15, 0.2) is 11.5 Å². The summed E-state index contributed by atoms with van der Waals surface area (Å²) in [7, 11) is 4.63. The van der Waals surface area contributed by atoms with Crippen molar-refractivity contribution in [1.82, 2.24) is 10.2 Å². The van der Waals surface area contributed by atoms with E-state index in [-0.39, 0.29) is 30.6 Å². The highest BCUT2D eigenvalue weighted by Crippen LogP contribution is 2.28. The molecule has 0 unspecified atom stereocenters. The van der Waals surface area contributed by atoms with E-state index >= 15 is 0 Å². The van der Waals surface area contributed by atoms with E-state index in [1.54, 1.807) is 49.5 Å². The van der Waals surface area contributed by atoms with E-state index in [0.29, 0.717) is 42.2 Å². The van der Waals surface area contributed by atoms with Crippen LogP contribution in [-0.4, -0.2) is 57.2 Å². The number of amides is 2. The quantitative estimate of drug-likeness (QED) is 0.356. The molecule has 2 amide bonds. The van der Waals surface area contributed by atoms with Crippen LogP contribution in [0.1, 0.15) is 16.7 Å². The van der Waals surface area contributed by atoms with Crippen LogP contribution in [0.5, 0.6) is 11.5 Å². The van der Waals surface area contributed by atoms with Crippen molar-refractivity contribution in [3.8, 4) is 11.5 Å². The molecule has 3 aromatic rings. The van der Waals surface area contributed by atoms with Gasteiger partial charge in [0.05, 0.1) is 27.2 Å². The van der Waals surface area contributed by atoms with Gasteiger partial charge in [-0.1, -0.05) is 48.5 Å². The molecule has 0 fully saturated rings. The number of carbonyl (C=O) groups is 2. The third-order valence-electron chi connectivity index (χ3n) is 5.95. The van der Waals surface area contributed by atoms with Gasteiger partial charge in [0.25, 0.3) is 0 Å². The summed E-state index contributed by atoms with van der Waals surface area (Å²) in [6, 6.07) is 19.9. The van der Waals surface area contributed by atoms with Crippen LogP contribution in [0.4, 0.5) is 4.39 Å². The fraction of sp³-hybridized carbons (Fsp3) is 0.310. The lowest BCUT2D eigenvalue weighted by Crippen LogP contribution is -2.51. The zero-order valence-corrected chi connectivity index (χ0v) is 21.4. The molecule has 1 N–H and O–H groups in total. The highest BCUT2D eigenvalue weighted by molar-refractivity contribution is 5.88. The molecule has 0 saturated carbocycles. The minimum Gasteiger partial charge on any atom is -0.493 e. The Hall–Kier alpha value is -3.91. The Morgan fingerprint density at radius 3 is 2.19 bits per heavy atom. The van der Waals surface area contributed by atoms with Gasteiger partial charge < -0.3 is 24.4 Å². The number of nitrogens with zero attached hydrogens (tertiary/aromatic N) is 1. The zero-order valence-electron chi connectivity index (χ0n) is 21.4. The normalized spacial score (nSPS) is 11.5. The van der Waals surface area contributed by atoms with E-state index in [1.165, 1.54) is 19.2 Å². The summed E-state index contributed by atoms with van der Waals surface area (Å²) < 4.78 is 29.3. The van der Waals surface area contributed by atoms with Gasteiger partial charge in [-0.15, -0.1) is 0 Å². The Morgan fingerprint density at radius 1 is 0.865 bits per heavy atom. The molecule has 0 saturated heterocycles. The lowest BCUT2D eigenvalue weighted by molar-refractivity contribution is -0.140. The first-order chi connectivity index (χ1) is 17.9. The second-order valence-electron chi connectivity index (χ2n) is 8.50. The molecule has 0 heterocycles. The van der Waals surface area contributed by atoms with Crippen LogP contribution >= 0.6 is 0 Å². The van der Waals surface area contributed by atoms with Gasteiger partial charge in [-0.05, 0) is 41.0 Å². The maximum absolute atomic E-state index is 13.8. The van der Waals surface area contributed by atoms with Crippen LogP contribution in [-0.2, 0) is 33.7 Å². The van der Waals surface area contributed by atoms with Gasteiger partial charge in [0.2, 0.25) is 11.8 Å². The SMILES string of the molecule is COCCNC(=O)[C@@H](Cc1ccccc1)N(Cc1ccc(F)cc1)C(=O)Cc1ccc(OC)c(OC)c1. The van der Waals surface area contributed by atoms with Crippen LogP contribution in [0.15, 0.2) is 72.8 Å². The molecule has 0 aliphatic heterocycles. The highest BCUT2D eigenvalue weighted by Gasteiger charge is 2.30. The molecule has 3 aromatic carbocycles. The maximum atomic E-state index is 13.8. The third-order valence-corrected chi connectivity index (χ3v) is 5.95. The fourth-order valence-electron chi connectivity index (χ4n) is 4.00. The molecule has 0 spiro atoms. The van der Waals surface area contributed by atoms with Crippen molar-refractivity contribution in [2.75, 3.05) is 34.5 Å². The molecule has 0 aliphatic carbocycles. The summed E-state index contributed by atoms with van der Waals surface area (Å²) in [6.07, 6.45) is 0.358. The highest BCUT2D eigenvalue weighted by atomic mass is 19.1. The van der Waals surface area contributed by atoms with E-state index in [9.17, 15) is 14.0 Å². The number of hydrogen-bond donors (Lipinski definition) is 1. The molecule has 0 radical (unpaired) electrons. The summed E-state index contributed by atoms with van der Waals surface area (Å²) in [4.78, 5) is 28.7. The number of halogens is 1. The van der Waals surface area contributed by atoms with Crippen LogP contribution in [0, 0.1) is 5.82 Å². The minimum absolute atomic E-state index is 0.0399. The standard InChI is InChI=1S/C29H33FN2O5/c1-35-16-15-31-29(34)25(17-21-7-5-4-6-8-21)32(20-22-9-12-24(30)13-10-22)28(33)19-23-11-14-26(36-2)27(18-23)37-3/h4-14,18,25H,15-17,19-20H2,1-3H3,(H,31,34)/t25-/m1/s1. The predicted octanol–water partition coefficient (Wildman–Crippen LogP) is 3.79. The van der Waals surface area contributed by atoms with Crippen molar-refractivity contribution >= 4 is 11.8 Å².